The Hall–Kier alpha value is -0.840. The van der Waals surface area contributed by atoms with E-state index in [9.17, 15) is 4.79 Å². The van der Waals surface area contributed by atoms with Crippen LogP contribution in [0.1, 0.15) is 0 Å². The minimum absolute atomic E-state index is 0.204. The number of benzene rings is 1. The van der Waals surface area contributed by atoms with Gasteiger partial charge in [-0.05, 0) is 29.6 Å². The highest BCUT2D eigenvalue weighted by Gasteiger charge is 1.99. The standard InChI is InChI=1S/C10H6ClNOS2/c11-7-1-3-8(4-2-7)15-10-12-9(13)5-6-14-10/h1-6H. The average molecular weight is 256 g/mol. The van der Waals surface area contributed by atoms with Gasteiger partial charge in [-0.25, -0.2) is 0 Å². The lowest BCUT2D eigenvalue weighted by atomic mass is 10.4. The lowest BCUT2D eigenvalue weighted by molar-refractivity contribution is 1.15. The number of aromatic nitrogens is 1. The molecule has 0 saturated carbocycles. The molecule has 0 bridgehead atoms. The van der Waals surface area contributed by atoms with Gasteiger partial charge in [0.2, 0.25) is 0 Å². The first-order valence-corrected chi connectivity index (χ1v) is 6.21. The predicted molar refractivity (Wildman–Crippen MR) is 64.0 cm³/mol. The van der Waals surface area contributed by atoms with Gasteiger partial charge in [0.1, 0.15) is 0 Å². The largest absolute Gasteiger partial charge is 0.272 e. The molecule has 0 aliphatic carbocycles. The maximum Gasteiger partial charge on any atom is 0.272 e. The third-order valence-corrected chi connectivity index (χ3v) is 3.73. The van der Waals surface area contributed by atoms with E-state index in [4.69, 9.17) is 11.6 Å². The van der Waals surface area contributed by atoms with Crippen molar-refractivity contribution in [1.29, 1.82) is 0 Å². The predicted octanol–water partition coefficient (Wildman–Crippen LogP) is 3.31. The maximum absolute atomic E-state index is 11.0. The average Bonchev–Trinajstić information content (AvgIpc) is 2.22. The van der Waals surface area contributed by atoms with Gasteiger partial charge in [0, 0.05) is 16.0 Å². The Bertz CT molecular complexity index is 509. The van der Waals surface area contributed by atoms with E-state index < -0.39 is 0 Å². The van der Waals surface area contributed by atoms with Crippen molar-refractivity contribution < 1.29 is 0 Å². The van der Waals surface area contributed by atoms with Crippen LogP contribution in [-0.4, -0.2) is 4.98 Å². The van der Waals surface area contributed by atoms with Crippen molar-refractivity contribution in [1.82, 2.24) is 4.98 Å². The Morgan fingerprint density at radius 1 is 1.20 bits per heavy atom. The zero-order chi connectivity index (χ0) is 10.7. The summed E-state index contributed by atoms with van der Waals surface area (Å²) in [5.74, 6) is 0. The summed E-state index contributed by atoms with van der Waals surface area (Å²) in [6.45, 7) is 0. The Morgan fingerprint density at radius 3 is 2.60 bits per heavy atom. The number of halogens is 1. The number of hydrogen-bond donors (Lipinski definition) is 0. The summed E-state index contributed by atoms with van der Waals surface area (Å²) < 4.78 is 0.741. The van der Waals surface area contributed by atoms with Gasteiger partial charge in [0.25, 0.3) is 5.56 Å². The van der Waals surface area contributed by atoms with E-state index in [-0.39, 0.29) is 5.56 Å². The molecule has 0 aliphatic rings. The van der Waals surface area contributed by atoms with E-state index in [1.807, 2.05) is 24.3 Å². The van der Waals surface area contributed by atoms with Gasteiger partial charge >= 0.3 is 0 Å². The first-order chi connectivity index (χ1) is 7.24. The van der Waals surface area contributed by atoms with Crippen LogP contribution in [0, 0.1) is 0 Å². The smallest absolute Gasteiger partial charge is 0.267 e. The van der Waals surface area contributed by atoms with E-state index in [1.54, 1.807) is 5.38 Å². The van der Waals surface area contributed by atoms with Crippen LogP contribution < -0.4 is 5.56 Å². The Kier molecular flexibility index (Phi) is 3.41. The zero-order valence-electron chi connectivity index (χ0n) is 7.51. The fourth-order valence-corrected chi connectivity index (χ4v) is 2.78. The lowest BCUT2D eigenvalue weighted by Crippen LogP contribution is -2.01. The Labute approximate surface area is 99.9 Å². The van der Waals surface area contributed by atoms with Gasteiger partial charge in [0.15, 0.2) is 4.34 Å². The van der Waals surface area contributed by atoms with E-state index in [1.165, 1.54) is 29.2 Å². The fourth-order valence-electron chi connectivity index (χ4n) is 0.954. The molecule has 76 valence electrons. The maximum atomic E-state index is 11.0. The van der Waals surface area contributed by atoms with Gasteiger partial charge in [-0.3, -0.25) is 4.79 Å². The second kappa shape index (κ2) is 4.79. The zero-order valence-corrected chi connectivity index (χ0v) is 9.90. The highest BCUT2D eigenvalue weighted by atomic mass is 35.5. The minimum Gasteiger partial charge on any atom is -0.267 e. The van der Waals surface area contributed by atoms with Crippen molar-refractivity contribution in [3.05, 3.63) is 51.1 Å². The SMILES string of the molecule is O=c1ccsc(Sc2ccc(Cl)cc2)n1. The monoisotopic (exact) mass is 255 g/mol. The fraction of sp³-hybridized carbons (Fsp3) is 0. The van der Waals surface area contributed by atoms with Crippen LogP contribution in [0.3, 0.4) is 0 Å². The molecule has 2 nitrogen and oxygen atoms in total. The summed E-state index contributed by atoms with van der Waals surface area (Å²) >= 11 is 8.67. The van der Waals surface area contributed by atoms with Gasteiger partial charge in [-0.15, -0.1) is 11.3 Å². The highest BCUT2D eigenvalue weighted by Crippen LogP contribution is 2.28. The van der Waals surface area contributed by atoms with Crippen LogP contribution in [-0.2, 0) is 0 Å². The van der Waals surface area contributed by atoms with Crippen molar-refractivity contribution in [2.75, 3.05) is 0 Å². The molecular weight excluding hydrogens is 250 g/mol. The topological polar surface area (TPSA) is 30.0 Å². The Morgan fingerprint density at radius 2 is 1.93 bits per heavy atom. The number of rotatable bonds is 2. The van der Waals surface area contributed by atoms with E-state index in [0.29, 0.717) is 5.02 Å². The van der Waals surface area contributed by atoms with Gasteiger partial charge in [-0.1, -0.05) is 23.4 Å². The molecule has 15 heavy (non-hydrogen) atoms. The number of nitrogens with zero attached hydrogens (tertiary/aromatic N) is 1. The third kappa shape index (κ3) is 3.06. The van der Waals surface area contributed by atoms with Crippen LogP contribution in [0.5, 0.6) is 0 Å². The molecule has 1 heterocycles. The van der Waals surface area contributed by atoms with Gasteiger partial charge < -0.3 is 0 Å². The van der Waals surface area contributed by atoms with Crippen molar-refractivity contribution in [2.24, 2.45) is 0 Å². The first-order valence-electron chi connectivity index (χ1n) is 4.13. The summed E-state index contributed by atoms with van der Waals surface area (Å²) in [6.07, 6.45) is 0. The first kappa shape index (κ1) is 10.7. The summed E-state index contributed by atoms with van der Waals surface area (Å²) in [5, 5.41) is 2.45. The molecule has 0 unspecified atom stereocenters. The van der Waals surface area contributed by atoms with Crippen LogP contribution in [0.2, 0.25) is 5.02 Å². The molecular formula is C10H6ClNOS2. The molecule has 2 rings (SSSR count). The molecule has 0 atom stereocenters. The molecule has 0 N–H and O–H groups in total. The number of hydrogen-bond acceptors (Lipinski definition) is 4. The molecule has 1 aromatic heterocycles. The van der Waals surface area contributed by atoms with Crippen molar-refractivity contribution in [3.8, 4) is 0 Å². The second-order valence-electron chi connectivity index (χ2n) is 2.69. The third-order valence-electron chi connectivity index (χ3n) is 1.60. The molecule has 0 spiro atoms. The van der Waals surface area contributed by atoms with Crippen LogP contribution in [0.4, 0.5) is 0 Å². The lowest BCUT2D eigenvalue weighted by Gasteiger charge is -1.98. The summed E-state index contributed by atoms with van der Waals surface area (Å²) in [6, 6.07) is 8.89. The van der Waals surface area contributed by atoms with Crippen molar-refractivity contribution in [2.45, 2.75) is 9.24 Å². The summed E-state index contributed by atoms with van der Waals surface area (Å²) in [4.78, 5) is 15.9. The Balaban J connectivity index is 2.22. The molecule has 5 heteroatoms. The van der Waals surface area contributed by atoms with Gasteiger partial charge in [-0.2, -0.15) is 4.98 Å². The van der Waals surface area contributed by atoms with Crippen molar-refractivity contribution >= 4 is 34.7 Å². The quantitative estimate of drug-likeness (QED) is 0.825. The molecule has 0 amide bonds. The molecule has 2 aromatic rings. The van der Waals surface area contributed by atoms with Crippen LogP contribution in [0.15, 0.2) is 49.7 Å². The van der Waals surface area contributed by atoms with Crippen LogP contribution in [0.25, 0.3) is 0 Å². The summed E-state index contributed by atoms with van der Waals surface area (Å²) in [7, 11) is 0. The van der Waals surface area contributed by atoms with E-state index in [2.05, 4.69) is 4.98 Å². The minimum atomic E-state index is -0.204. The molecule has 0 aliphatic heterocycles. The molecule has 0 radical (unpaired) electrons. The van der Waals surface area contributed by atoms with Crippen molar-refractivity contribution in [3.63, 3.8) is 0 Å². The van der Waals surface area contributed by atoms with Crippen LogP contribution >= 0.6 is 34.7 Å². The van der Waals surface area contributed by atoms with E-state index >= 15 is 0 Å². The highest BCUT2D eigenvalue weighted by molar-refractivity contribution is 8.01. The van der Waals surface area contributed by atoms with E-state index in [0.717, 1.165) is 9.24 Å². The molecule has 0 fully saturated rings. The molecule has 1 aromatic carbocycles. The second-order valence-corrected chi connectivity index (χ2v) is 5.34. The summed E-state index contributed by atoms with van der Waals surface area (Å²) in [5.41, 5.74) is -0.204. The normalized spacial score (nSPS) is 10.2. The molecule has 0 saturated heterocycles. The van der Waals surface area contributed by atoms with Gasteiger partial charge in [0.05, 0.1) is 0 Å².